The van der Waals surface area contributed by atoms with E-state index in [1.165, 1.54) is 24.2 Å². The lowest BCUT2D eigenvalue weighted by Gasteiger charge is -2.29. The van der Waals surface area contributed by atoms with Gasteiger partial charge in [0.1, 0.15) is 29.7 Å². The fraction of sp³-hybridized carbons (Fsp3) is 0.323. The number of piperidine rings is 1. The SMILES string of the molecule is CC/C=C\c1cc(-c2nn(C(C)c3nc4cccc(Cl)c4c(=O)n3C3CCNCC3)c3ncnc(N)c23)c(F)c(F)c1OC. The monoisotopic (exact) mass is 620 g/mol. The molecule has 1 atom stereocenters. The number of rotatable bonds is 7. The first-order valence-electron chi connectivity index (χ1n) is 14.4. The fourth-order valence-corrected chi connectivity index (χ4v) is 6.12. The lowest BCUT2D eigenvalue weighted by Crippen LogP contribution is -2.37. The molecule has 1 aliphatic heterocycles. The summed E-state index contributed by atoms with van der Waals surface area (Å²) in [5, 5.41) is 8.99. The van der Waals surface area contributed by atoms with Crippen LogP contribution >= 0.6 is 11.6 Å². The zero-order valence-electron chi connectivity index (χ0n) is 24.4. The second-order valence-corrected chi connectivity index (χ2v) is 11.1. The van der Waals surface area contributed by atoms with E-state index in [9.17, 15) is 4.79 Å². The Morgan fingerprint density at radius 1 is 1.20 bits per heavy atom. The molecule has 228 valence electrons. The summed E-state index contributed by atoms with van der Waals surface area (Å²) in [5.41, 5.74) is 7.03. The highest BCUT2D eigenvalue weighted by Crippen LogP contribution is 2.39. The van der Waals surface area contributed by atoms with Gasteiger partial charge < -0.3 is 15.8 Å². The van der Waals surface area contributed by atoms with Crippen molar-refractivity contribution in [3.05, 3.63) is 75.1 Å². The first kappa shape index (κ1) is 29.6. The number of methoxy groups -OCH3 is 1. The maximum atomic E-state index is 15.7. The van der Waals surface area contributed by atoms with E-state index < -0.39 is 17.7 Å². The maximum Gasteiger partial charge on any atom is 0.263 e. The average molecular weight is 621 g/mol. The highest BCUT2D eigenvalue weighted by atomic mass is 35.5. The third kappa shape index (κ3) is 4.87. The number of benzene rings is 2. The Kier molecular flexibility index (Phi) is 8.04. The van der Waals surface area contributed by atoms with Crippen molar-refractivity contribution in [1.82, 2.24) is 34.6 Å². The molecule has 5 aromatic rings. The van der Waals surface area contributed by atoms with Crippen molar-refractivity contribution in [3.8, 4) is 17.0 Å². The standard InChI is InChI=1S/C31H31ClF2N8O2/c1-4-5-7-17-14-19(24(33)25(34)27(17)44-3)26-23-28(35)37-15-38-30(23)42(40-26)16(2)29-39-21-9-6-8-20(32)22(21)31(43)41(29)18-10-12-36-13-11-18/h5-9,14-16,18,36H,4,10-13H2,1-3H3,(H2,35,37,38)/b7-5-. The third-order valence-corrected chi connectivity index (χ3v) is 8.34. The molecule has 0 spiro atoms. The second-order valence-electron chi connectivity index (χ2n) is 10.7. The number of fused-ring (bicyclic) bond motifs is 2. The van der Waals surface area contributed by atoms with Crippen LogP contribution in [0, 0.1) is 11.6 Å². The molecule has 0 amide bonds. The summed E-state index contributed by atoms with van der Waals surface area (Å²) < 4.78 is 39.5. The van der Waals surface area contributed by atoms with E-state index >= 15 is 8.78 Å². The fourth-order valence-electron chi connectivity index (χ4n) is 5.87. The Balaban J connectivity index is 1.62. The van der Waals surface area contributed by atoms with E-state index in [1.54, 1.807) is 28.8 Å². The first-order valence-corrected chi connectivity index (χ1v) is 14.8. The quantitative estimate of drug-likeness (QED) is 0.238. The van der Waals surface area contributed by atoms with Crippen LogP contribution in [0.1, 0.15) is 56.6 Å². The van der Waals surface area contributed by atoms with Crippen molar-refractivity contribution in [3.63, 3.8) is 0 Å². The molecule has 13 heteroatoms. The molecule has 3 aromatic heterocycles. The molecule has 1 aliphatic rings. The number of nitrogens with one attached hydrogen (secondary N) is 1. The van der Waals surface area contributed by atoms with Gasteiger partial charge in [-0.3, -0.25) is 9.36 Å². The highest BCUT2D eigenvalue weighted by Gasteiger charge is 2.30. The van der Waals surface area contributed by atoms with E-state index in [1.807, 2.05) is 19.9 Å². The van der Waals surface area contributed by atoms with Crippen LogP contribution in [0.5, 0.6) is 5.75 Å². The molecule has 1 unspecified atom stereocenters. The molecule has 6 rings (SSSR count). The van der Waals surface area contributed by atoms with Crippen LogP contribution in [0.4, 0.5) is 14.6 Å². The molecular formula is C31H31ClF2N8O2. The average Bonchev–Trinajstić information content (AvgIpc) is 3.42. The van der Waals surface area contributed by atoms with Gasteiger partial charge in [0.2, 0.25) is 5.82 Å². The first-order chi connectivity index (χ1) is 21.3. The van der Waals surface area contributed by atoms with E-state index in [4.69, 9.17) is 32.2 Å². The van der Waals surface area contributed by atoms with Crippen molar-refractivity contribution in [2.45, 2.75) is 45.2 Å². The Hall–Kier alpha value is -4.42. The Labute approximate surface area is 256 Å². The van der Waals surface area contributed by atoms with Crippen LogP contribution in [0.25, 0.3) is 39.3 Å². The molecule has 10 nitrogen and oxygen atoms in total. The highest BCUT2D eigenvalue weighted by molar-refractivity contribution is 6.35. The van der Waals surface area contributed by atoms with Crippen LogP contribution < -0.4 is 21.3 Å². The van der Waals surface area contributed by atoms with E-state index in [0.29, 0.717) is 46.6 Å². The van der Waals surface area contributed by atoms with Crippen LogP contribution in [0.15, 0.2) is 41.5 Å². The van der Waals surface area contributed by atoms with Gasteiger partial charge in [-0.25, -0.2) is 24.0 Å². The maximum absolute atomic E-state index is 15.7. The number of hydrogen-bond acceptors (Lipinski definition) is 8. The summed E-state index contributed by atoms with van der Waals surface area (Å²) in [6.07, 6.45) is 6.85. The van der Waals surface area contributed by atoms with Gasteiger partial charge in [-0.2, -0.15) is 9.49 Å². The minimum atomic E-state index is -1.15. The Morgan fingerprint density at radius 2 is 1.98 bits per heavy atom. The number of anilines is 1. The molecule has 1 saturated heterocycles. The van der Waals surface area contributed by atoms with Gasteiger partial charge in [0.25, 0.3) is 5.56 Å². The molecule has 0 aliphatic carbocycles. The largest absolute Gasteiger partial charge is 0.493 e. The van der Waals surface area contributed by atoms with Gasteiger partial charge in [0.05, 0.1) is 28.4 Å². The van der Waals surface area contributed by atoms with Crippen LogP contribution in [-0.2, 0) is 0 Å². The predicted octanol–water partition coefficient (Wildman–Crippen LogP) is 5.68. The number of aromatic nitrogens is 6. The normalized spacial score (nSPS) is 15.0. The summed E-state index contributed by atoms with van der Waals surface area (Å²) in [7, 11) is 1.28. The molecule has 2 aromatic carbocycles. The van der Waals surface area contributed by atoms with Crippen molar-refractivity contribution in [2.24, 2.45) is 0 Å². The summed E-state index contributed by atoms with van der Waals surface area (Å²) in [5.74, 6) is -2.05. The number of nitrogens with zero attached hydrogens (tertiary/aromatic N) is 6. The molecule has 1 fully saturated rings. The molecule has 3 N–H and O–H groups in total. The summed E-state index contributed by atoms with van der Waals surface area (Å²) >= 11 is 6.49. The van der Waals surface area contributed by atoms with Crippen LogP contribution in [-0.4, -0.2) is 49.5 Å². The smallest absolute Gasteiger partial charge is 0.263 e. The number of allylic oxidation sites excluding steroid dienone is 1. The molecule has 44 heavy (non-hydrogen) atoms. The number of ether oxygens (including phenoxy) is 1. The third-order valence-electron chi connectivity index (χ3n) is 8.02. The van der Waals surface area contributed by atoms with Gasteiger partial charge in [-0.15, -0.1) is 0 Å². The summed E-state index contributed by atoms with van der Waals surface area (Å²) in [6, 6.07) is 5.78. The lowest BCUT2D eigenvalue weighted by molar-refractivity contribution is 0.339. The van der Waals surface area contributed by atoms with Crippen molar-refractivity contribution >= 4 is 45.4 Å². The van der Waals surface area contributed by atoms with Gasteiger partial charge >= 0.3 is 0 Å². The van der Waals surface area contributed by atoms with Crippen LogP contribution in [0.3, 0.4) is 0 Å². The minimum Gasteiger partial charge on any atom is -0.493 e. The van der Waals surface area contributed by atoms with Gasteiger partial charge in [-0.05, 0) is 57.5 Å². The van der Waals surface area contributed by atoms with Gasteiger partial charge in [0.15, 0.2) is 17.2 Å². The minimum absolute atomic E-state index is 0.0405. The Morgan fingerprint density at radius 3 is 2.70 bits per heavy atom. The molecule has 0 bridgehead atoms. The van der Waals surface area contributed by atoms with Crippen LogP contribution in [0.2, 0.25) is 5.02 Å². The summed E-state index contributed by atoms with van der Waals surface area (Å²) in [6.45, 7) is 5.23. The molecular weight excluding hydrogens is 590 g/mol. The van der Waals surface area contributed by atoms with E-state index in [2.05, 4.69) is 15.3 Å². The molecule has 0 radical (unpaired) electrons. The predicted molar refractivity (Wildman–Crippen MR) is 167 cm³/mol. The Bertz CT molecular complexity index is 1980. The van der Waals surface area contributed by atoms with Crippen molar-refractivity contribution < 1.29 is 13.5 Å². The number of hydrogen-bond donors (Lipinski definition) is 2. The summed E-state index contributed by atoms with van der Waals surface area (Å²) in [4.78, 5) is 27.5. The number of nitrogen functional groups attached to an aromatic ring is 1. The lowest BCUT2D eigenvalue weighted by atomic mass is 10.0. The van der Waals surface area contributed by atoms with Gasteiger partial charge in [0, 0.05) is 17.2 Å². The van der Waals surface area contributed by atoms with Crippen molar-refractivity contribution in [2.75, 3.05) is 25.9 Å². The van der Waals surface area contributed by atoms with E-state index in [-0.39, 0.29) is 45.5 Å². The number of nitrogens with two attached hydrogens (primary N) is 1. The number of halogens is 3. The zero-order valence-corrected chi connectivity index (χ0v) is 25.2. The van der Waals surface area contributed by atoms with E-state index in [0.717, 1.165) is 13.1 Å². The molecule has 0 saturated carbocycles. The topological polar surface area (TPSA) is 126 Å². The van der Waals surface area contributed by atoms with Crippen molar-refractivity contribution in [1.29, 1.82) is 0 Å². The second kappa shape index (κ2) is 11.9. The van der Waals surface area contributed by atoms with Gasteiger partial charge in [-0.1, -0.05) is 36.7 Å². The molecule has 4 heterocycles. The zero-order chi connectivity index (χ0) is 31.1.